The minimum absolute atomic E-state index is 0.0298. The Morgan fingerprint density at radius 1 is 1.07 bits per heavy atom. The lowest BCUT2D eigenvalue weighted by atomic mass is 10.2. The van der Waals surface area contributed by atoms with E-state index in [0.29, 0.717) is 36.7 Å². The number of carbonyl (C=O) groups is 2. The zero-order valence-corrected chi connectivity index (χ0v) is 16.4. The number of ether oxygens (including phenoxy) is 2. The standard InChI is InChI=1S/C21H26N2O5/c1-22(15-16-4-9-20(28-3)19(25)14-16)10-11-23(12-13-24)21(26)17-5-7-18(27-2)8-6-17/h4-9,13-14,25H,10-12,15H2,1-3H3. The summed E-state index contributed by atoms with van der Waals surface area (Å²) in [6.45, 7) is 1.59. The summed E-state index contributed by atoms with van der Waals surface area (Å²) in [5.74, 6) is 0.977. The number of amides is 1. The highest BCUT2D eigenvalue weighted by Crippen LogP contribution is 2.26. The molecular weight excluding hydrogens is 360 g/mol. The summed E-state index contributed by atoms with van der Waals surface area (Å²) in [4.78, 5) is 27.2. The molecule has 0 heterocycles. The number of carbonyl (C=O) groups excluding carboxylic acids is 2. The van der Waals surface area contributed by atoms with Crippen molar-refractivity contribution in [2.45, 2.75) is 6.54 Å². The molecule has 0 saturated heterocycles. The van der Waals surface area contributed by atoms with Gasteiger partial charge in [-0.1, -0.05) is 6.07 Å². The smallest absolute Gasteiger partial charge is 0.254 e. The van der Waals surface area contributed by atoms with Gasteiger partial charge in [0.15, 0.2) is 11.5 Å². The van der Waals surface area contributed by atoms with E-state index in [-0.39, 0.29) is 18.2 Å². The topological polar surface area (TPSA) is 79.3 Å². The number of phenols is 1. The van der Waals surface area contributed by atoms with Crippen molar-refractivity contribution in [1.29, 1.82) is 0 Å². The highest BCUT2D eigenvalue weighted by Gasteiger charge is 2.16. The zero-order chi connectivity index (χ0) is 20.5. The Morgan fingerprint density at radius 3 is 2.36 bits per heavy atom. The van der Waals surface area contributed by atoms with Crippen molar-refractivity contribution in [3.8, 4) is 17.2 Å². The predicted octanol–water partition coefficient (Wildman–Crippen LogP) is 2.18. The van der Waals surface area contributed by atoms with Crippen LogP contribution < -0.4 is 9.47 Å². The molecule has 2 aromatic rings. The molecule has 0 aliphatic rings. The molecule has 2 rings (SSSR count). The van der Waals surface area contributed by atoms with Gasteiger partial charge in [-0.2, -0.15) is 0 Å². The van der Waals surface area contributed by atoms with Crippen LogP contribution in [0.1, 0.15) is 15.9 Å². The number of aromatic hydroxyl groups is 1. The van der Waals surface area contributed by atoms with E-state index in [1.165, 1.54) is 12.0 Å². The van der Waals surface area contributed by atoms with Crippen molar-refractivity contribution in [3.63, 3.8) is 0 Å². The molecule has 1 N–H and O–H groups in total. The SMILES string of the molecule is COc1ccc(C(=O)N(CC=O)CCN(C)Cc2ccc(OC)c(O)c2)cc1. The molecule has 0 aliphatic carbocycles. The number of hydrogen-bond donors (Lipinski definition) is 1. The molecular formula is C21H26N2O5. The summed E-state index contributed by atoms with van der Waals surface area (Å²) in [5.41, 5.74) is 1.43. The van der Waals surface area contributed by atoms with Gasteiger partial charge in [-0.25, -0.2) is 0 Å². The molecule has 0 saturated carbocycles. The Morgan fingerprint density at radius 2 is 1.79 bits per heavy atom. The van der Waals surface area contributed by atoms with Crippen LogP contribution in [0.5, 0.6) is 17.2 Å². The summed E-state index contributed by atoms with van der Waals surface area (Å²) in [6, 6.07) is 12.0. The van der Waals surface area contributed by atoms with Crippen LogP contribution in [0.25, 0.3) is 0 Å². The third-order valence-corrected chi connectivity index (χ3v) is 4.37. The highest BCUT2D eigenvalue weighted by atomic mass is 16.5. The van der Waals surface area contributed by atoms with Gasteiger partial charge in [0.05, 0.1) is 20.8 Å². The van der Waals surface area contributed by atoms with Crippen LogP contribution in [0, 0.1) is 0 Å². The van der Waals surface area contributed by atoms with Gasteiger partial charge >= 0.3 is 0 Å². The lowest BCUT2D eigenvalue weighted by molar-refractivity contribution is -0.108. The summed E-state index contributed by atoms with van der Waals surface area (Å²) < 4.78 is 10.1. The Bertz CT molecular complexity index is 792. The Kier molecular flexibility index (Phi) is 7.83. The van der Waals surface area contributed by atoms with Crippen molar-refractivity contribution in [2.24, 2.45) is 0 Å². The normalized spacial score (nSPS) is 10.6. The third-order valence-electron chi connectivity index (χ3n) is 4.37. The van der Waals surface area contributed by atoms with Crippen molar-refractivity contribution in [3.05, 3.63) is 53.6 Å². The lowest BCUT2D eigenvalue weighted by Gasteiger charge is -2.24. The molecule has 7 heteroatoms. The van der Waals surface area contributed by atoms with Gasteiger partial charge in [0.1, 0.15) is 12.0 Å². The van der Waals surface area contributed by atoms with Crippen LogP contribution in [0.3, 0.4) is 0 Å². The van der Waals surface area contributed by atoms with Gasteiger partial charge in [-0.05, 0) is 49.0 Å². The summed E-state index contributed by atoms with van der Waals surface area (Å²) >= 11 is 0. The monoisotopic (exact) mass is 386 g/mol. The minimum atomic E-state index is -0.203. The Balaban J connectivity index is 1.96. The number of hydrogen-bond acceptors (Lipinski definition) is 6. The largest absolute Gasteiger partial charge is 0.504 e. The van der Waals surface area contributed by atoms with E-state index in [2.05, 4.69) is 0 Å². The molecule has 0 fully saturated rings. The predicted molar refractivity (Wildman–Crippen MR) is 106 cm³/mol. The first-order valence-corrected chi connectivity index (χ1v) is 8.90. The first kappa shape index (κ1) is 21.2. The Hall–Kier alpha value is -3.06. The van der Waals surface area contributed by atoms with Gasteiger partial charge in [0.2, 0.25) is 0 Å². The molecule has 7 nitrogen and oxygen atoms in total. The van der Waals surface area contributed by atoms with Crippen LogP contribution in [0.4, 0.5) is 0 Å². The van der Waals surface area contributed by atoms with E-state index < -0.39 is 0 Å². The number of aldehydes is 1. The van der Waals surface area contributed by atoms with Crippen LogP contribution >= 0.6 is 0 Å². The molecule has 2 aromatic carbocycles. The molecule has 0 aromatic heterocycles. The molecule has 0 bridgehead atoms. The van der Waals surface area contributed by atoms with E-state index in [0.717, 1.165) is 11.8 Å². The van der Waals surface area contributed by atoms with Gasteiger partial charge in [-0.15, -0.1) is 0 Å². The molecule has 150 valence electrons. The van der Waals surface area contributed by atoms with Crippen LogP contribution in [0.15, 0.2) is 42.5 Å². The second-order valence-corrected chi connectivity index (χ2v) is 6.39. The maximum atomic E-state index is 12.7. The number of benzene rings is 2. The number of phenolic OH excluding ortho intramolecular Hbond substituents is 1. The van der Waals surface area contributed by atoms with E-state index in [1.807, 2.05) is 18.0 Å². The molecule has 28 heavy (non-hydrogen) atoms. The summed E-state index contributed by atoms with van der Waals surface area (Å²) in [7, 11) is 4.98. The molecule has 0 radical (unpaired) electrons. The van der Waals surface area contributed by atoms with Gasteiger partial charge in [0, 0.05) is 25.2 Å². The fraction of sp³-hybridized carbons (Fsp3) is 0.333. The van der Waals surface area contributed by atoms with Crippen LogP contribution in [-0.4, -0.2) is 68.0 Å². The van der Waals surface area contributed by atoms with Crippen molar-refractivity contribution in [2.75, 3.05) is 40.9 Å². The van der Waals surface area contributed by atoms with E-state index in [9.17, 15) is 14.7 Å². The van der Waals surface area contributed by atoms with Crippen LogP contribution in [0.2, 0.25) is 0 Å². The van der Waals surface area contributed by atoms with Gasteiger partial charge in [-0.3, -0.25) is 4.79 Å². The highest BCUT2D eigenvalue weighted by molar-refractivity contribution is 5.95. The van der Waals surface area contributed by atoms with Crippen molar-refractivity contribution >= 4 is 12.2 Å². The van der Waals surface area contributed by atoms with Crippen LogP contribution in [-0.2, 0) is 11.3 Å². The summed E-state index contributed by atoms with van der Waals surface area (Å²) in [5, 5.41) is 9.88. The third kappa shape index (κ3) is 5.72. The number of methoxy groups -OCH3 is 2. The number of likely N-dealkylation sites (N-methyl/N-ethyl adjacent to an activating group) is 1. The first-order chi connectivity index (χ1) is 13.5. The maximum absolute atomic E-state index is 12.7. The van der Waals surface area contributed by atoms with Crippen molar-refractivity contribution < 1.29 is 24.2 Å². The minimum Gasteiger partial charge on any atom is -0.504 e. The quantitative estimate of drug-likeness (QED) is 0.631. The average Bonchev–Trinajstić information content (AvgIpc) is 2.71. The van der Waals surface area contributed by atoms with E-state index in [4.69, 9.17) is 9.47 Å². The average molecular weight is 386 g/mol. The molecule has 0 unspecified atom stereocenters. The summed E-state index contributed by atoms with van der Waals surface area (Å²) in [6.07, 6.45) is 0.725. The fourth-order valence-electron chi connectivity index (χ4n) is 2.80. The second kappa shape index (κ2) is 10.3. The number of rotatable bonds is 10. The lowest BCUT2D eigenvalue weighted by Crippen LogP contribution is -2.38. The second-order valence-electron chi connectivity index (χ2n) is 6.39. The Labute approximate surface area is 165 Å². The van der Waals surface area contributed by atoms with E-state index in [1.54, 1.807) is 43.5 Å². The molecule has 0 spiro atoms. The van der Waals surface area contributed by atoms with E-state index >= 15 is 0 Å². The maximum Gasteiger partial charge on any atom is 0.254 e. The van der Waals surface area contributed by atoms with Gasteiger partial charge < -0.3 is 29.2 Å². The van der Waals surface area contributed by atoms with Crippen molar-refractivity contribution in [1.82, 2.24) is 9.80 Å². The molecule has 1 amide bonds. The van der Waals surface area contributed by atoms with Gasteiger partial charge in [0.25, 0.3) is 5.91 Å². The fourth-order valence-corrected chi connectivity index (χ4v) is 2.80. The molecule has 0 atom stereocenters. The zero-order valence-electron chi connectivity index (χ0n) is 16.4. The first-order valence-electron chi connectivity index (χ1n) is 8.90. The molecule has 0 aliphatic heterocycles. The number of nitrogens with zero attached hydrogens (tertiary/aromatic N) is 2.